The van der Waals surface area contributed by atoms with Crippen LogP contribution in [0.1, 0.15) is 15.2 Å². The number of halogens is 2. The number of thiophene rings is 2. The predicted molar refractivity (Wildman–Crippen MR) is 74.1 cm³/mol. The lowest BCUT2D eigenvalue weighted by Crippen LogP contribution is -2.03. The van der Waals surface area contributed by atoms with Gasteiger partial charge in [0.2, 0.25) is 0 Å². The number of hydrogen-bond donors (Lipinski definition) is 0. The highest BCUT2D eigenvalue weighted by Gasteiger charge is 2.14. The van der Waals surface area contributed by atoms with Gasteiger partial charge in [-0.15, -0.1) is 22.7 Å². The first-order chi connectivity index (χ1) is 9.13. The molecule has 1 aromatic carbocycles. The molecule has 96 valence electrons. The van der Waals surface area contributed by atoms with Gasteiger partial charge in [0, 0.05) is 15.8 Å². The summed E-state index contributed by atoms with van der Waals surface area (Å²) in [5.74, 6) is -1.26. The Morgan fingerprint density at radius 2 is 1.95 bits per heavy atom. The number of fused-ring (bicyclic) bond motifs is 1. The second kappa shape index (κ2) is 4.83. The summed E-state index contributed by atoms with van der Waals surface area (Å²) in [5, 5.41) is 1.96. The van der Waals surface area contributed by atoms with Crippen LogP contribution in [-0.2, 0) is 6.42 Å². The monoisotopic (exact) mass is 294 g/mol. The average molecular weight is 294 g/mol. The molecule has 0 bridgehead atoms. The number of rotatable bonds is 3. The lowest BCUT2D eigenvalue weighted by atomic mass is 10.1. The molecule has 0 aliphatic carbocycles. The van der Waals surface area contributed by atoms with Crippen LogP contribution in [0.15, 0.2) is 35.7 Å². The second-order valence-corrected chi connectivity index (χ2v) is 6.13. The third-order valence-electron chi connectivity index (χ3n) is 2.77. The van der Waals surface area contributed by atoms with Gasteiger partial charge in [0.25, 0.3) is 0 Å². The summed E-state index contributed by atoms with van der Waals surface area (Å²) < 4.78 is 28.6. The molecule has 3 aromatic rings. The van der Waals surface area contributed by atoms with Crippen molar-refractivity contribution in [2.75, 3.05) is 0 Å². The van der Waals surface area contributed by atoms with Gasteiger partial charge in [-0.2, -0.15) is 0 Å². The van der Waals surface area contributed by atoms with E-state index >= 15 is 0 Å². The number of carbonyl (C=O) groups is 1. The van der Waals surface area contributed by atoms with Crippen molar-refractivity contribution in [1.29, 1.82) is 0 Å². The van der Waals surface area contributed by atoms with Gasteiger partial charge in [-0.05, 0) is 41.3 Å². The summed E-state index contributed by atoms with van der Waals surface area (Å²) >= 11 is 2.95. The van der Waals surface area contributed by atoms with Gasteiger partial charge >= 0.3 is 0 Å². The number of benzene rings is 1. The minimum absolute atomic E-state index is 0.0988. The minimum atomic E-state index is -0.548. The van der Waals surface area contributed by atoms with Crippen molar-refractivity contribution in [3.63, 3.8) is 0 Å². The first-order valence-corrected chi connectivity index (χ1v) is 7.27. The van der Waals surface area contributed by atoms with E-state index < -0.39 is 11.6 Å². The fraction of sp³-hybridized carbons (Fsp3) is 0.0714. The molecule has 0 saturated heterocycles. The van der Waals surface area contributed by atoms with Crippen LogP contribution in [0, 0.1) is 11.6 Å². The third kappa shape index (κ3) is 2.43. The molecular weight excluding hydrogens is 286 g/mol. The van der Waals surface area contributed by atoms with Gasteiger partial charge in [0.1, 0.15) is 11.6 Å². The molecule has 0 spiro atoms. The molecule has 0 aliphatic rings. The highest BCUT2D eigenvalue weighted by Crippen LogP contribution is 2.30. The van der Waals surface area contributed by atoms with E-state index in [1.54, 1.807) is 11.3 Å². The lowest BCUT2D eigenvalue weighted by molar-refractivity contribution is 0.0995. The summed E-state index contributed by atoms with van der Waals surface area (Å²) in [5.41, 5.74) is 0.0988. The van der Waals surface area contributed by atoms with Crippen LogP contribution in [0.3, 0.4) is 0 Å². The Bertz CT molecular complexity index is 729. The minimum Gasteiger partial charge on any atom is -0.293 e. The van der Waals surface area contributed by atoms with Gasteiger partial charge < -0.3 is 0 Å². The fourth-order valence-electron chi connectivity index (χ4n) is 1.84. The third-order valence-corrected chi connectivity index (χ3v) is 4.91. The second-order valence-electron chi connectivity index (χ2n) is 4.10. The maximum Gasteiger partial charge on any atom is 0.177 e. The summed E-state index contributed by atoms with van der Waals surface area (Å²) in [4.78, 5) is 12.7. The summed E-state index contributed by atoms with van der Waals surface area (Å²) in [7, 11) is 0. The van der Waals surface area contributed by atoms with Crippen molar-refractivity contribution >= 4 is 37.9 Å². The SMILES string of the molecule is O=C(Cc1cc(F)ccc1F)c1cc2sccc2s1. The van der Waals surface area contributed by atoms with Crippen LogP contribution in [0.4, 0.5) is 8.78 Å². The van der Waals surface area contributed by atoms with Gasteiger partial charge in [-0.25, -0.2) is 8.78 Å². The molecule has 2 heterocycles. The normalized spacial score (nSPS) is 11.1. The Labute approximate surface area is 116 Å². The molecule has 19 heavy (non-hydrogen) atoms. The van der Waals surface area contributed by atoms with Crippen LogP contribution < -0.4 is 0 Å². The number of Topliss-reactive ketones (excluding diaryl/α,β-unsaturated/α-hetero) is 1. The summed E-state index contributed by atoms with van der Waals surface area (Å²) in [6, 6.07) is 6.92. The zero-order valence-electron chi connectivity index (χ0n) is 9.65. The number of hydrogen-bond acceptors (Lipinski definition) is 3. The quantitative estimate of drug-likeness (QED) is 0.642. The van der Waals surface area contributed by atoms with Gasteiger partial charge in [-0.1, -0.05) is 0 Å². The van der Waals surface area contributed by atoms with Crippen LogP contribution in [0.5, 0.6) is 0 Å². The standard InChI is InChI=1S/C14H8F2OS2/c15-9-1-2-10(16)8(5-9)6-11(17)13-7-14-12(19-13)3-4-18-14/h1-5,7H,6H2. The first kappa shape index (κ1) is 12.4. The van der Waals surface area contributed by atoms with Crippen LogP contribution >= 0.6 is 22.7 Å². The molecule has 0 aliphatic heterocycles. The highest BCUT2D eigenvalue weighted by molar-refractivity contribution is 7.27. The molecule has 1 nitrogen and oxygen atoms in total. The Morgan fingerprint density at radius 1 is 1.11 bits per heavy atom. The number of carbonyl (C=O) groups excluding carboxylic acids is 1. The summed E-state index contributed by atoms with van der Waals surface area (Å²) in [6.45, 7) is 0. The first-order valence-electron chi connectivity index (χ1n) is 5.57. The van der Waals surface area contributed by atoms with Crippen molar-refractivity contribution in [1.82, 2.24) is 0 Å². The largest absolute Gasteiger partial charge is 0.293 e. The van der Waals surface area contributed by atoms with Gasteiger partial charge in [0.05, 0.1) is 4.88 Å². The van der Waals surface area contributed by atoms with Gasteiger partial charge in [-0.3, -0.25) is 4.79 Å². The molecule has 0 N–H and O–H groups in total. The smallest absolute Gasteiger partial charge is 0.177 e. The lowest BCUT2D eigenvalue weighted by Gasteiger charge is -2.01. The molecule has 0 fully saturated rings. The van der Waals surface area contributed by atoms with E-state index in [0.29, 0.717) is 4.88 Å². The van der Waals surface area contributed by atoms with Crippen molar-refractivity contribution in [2.45, 2.75) is 6.42 Å². The molecule has 5 heteroatoms. The summed E-state index contributed by atoms with van der Waals surface area (Å²) in [6.07, 6.45) is -0.114. The van der Waals surface area contributed by atoms with Crippen molar-refractivity contribution in [3.8, 4) is 0 Å². The molecule has 0 saturated carbocycles. The zero-order chi connectivity index (χ0) is 13.4. The molecule has 0 radical (unpaired) electrons. The highest BCUT2D eigenvalue weighted by atomic mass is 32.1. The molecular formula is C14H8F2OS2. The average Bonchev–Trinajstić information content (AvgIpc) is 2.94. The van der Waals surface area contributed by atoms with E-state index in [1.807, 2.05) is 17.5 Å². The van der Waals surface area contributed by atoms with Crippen molar-refractivity contribution in [3.05, 3.63) is 57.8 Å². The Morgan fingerprint density at radius 3 is 2.74 bits per heavy atom. The maximum absolute atomic E-state index is 13.5. The van der Waals surface area contributed by atoms with E-state index in [4.69, 9.17) is 0 Å². The van der Waals surface area contributed by atoms with Crippen LogP contribution in [0.2, 0.25) is 0 Å². The molecule has 0 unspecified atom stereocenters. The molecule has 0 amide bonds. The van der Waals surface area contributed by atoms with Crippen LogP contribution in [-0.4, -0.2) is 5.78 Å². The van der Waals surface area contributed by atoms with E-state index in [-0.39, 0.29) is 17.8 Å². The fourth-order valence-corrected chi connectivity index (χ4v) is 3.89. The predicted octanol–water partition coefficient (Wildman–Crippen LogP) is 4.67. The van der Waals surface area contributed by atoms with E-state index in [0.717, 1.165) is 27.6 Å². The van der Waals surface area contributed by atoms with Crippen molar-refractivity contribution < 1.29 is 13.6 Å². The van der Waals surface area contributed by atoms with Crippen molar-refractivity contribution in [2.24, 2.45) is 0 Å². The van der Waals surface area contributed by atoms with E-state index in [9.17, 15) is 13.6 Å². The zero-order valence-corrected chi connectivity index (χ0v) is 11.3. The molecule has 2 aromatic heterocycles. The number of ketones is 1. The molecule has 3 rings (SSSR count). The van der Waals surface area contributed by atoms with E-state index in [1.165, 1.54) is 11.3 Å². The Balaban J connectivity index is 1.88. The maximum atomic E-state index is 13.5. The Hall–Kier alpha value is -1.59. The molecule has 0 atom stereocenters. The topological polar surface area (TPSA) is 17.1 Å². The Kier molecular flexibility index (Phi) is 3.16. The van der Waals surface area contributed by atoms with Gasteiger partial charge in [0.15, 0.2) is 5.78 Å². The van der Waals surface area contributed by atoms with Crippen LogP contribution in [0.25, 0.3) is 9.40 Å². The van der Waals surface area contributed by atoms with E-state index in [2.05, 4.69) is 0 Å².